The summed E-state index contributed by atoms with van der Waals surface area (Å²) in [5, 5.41) is 2.76. The van der Waals surface area contributed by atoms with Crippen LogP contribution in [-0.2, 0) is 6.54 Å². The van der Waals surface area contributed by atoms with Gasteiger partial charge in [0, 0.05) is 34.4 Å². The number of hydrogen-bond donors (Lipinski definition) is 0. The first-order valence-electron chi connectivity index (χ1n) is 8.01. The van der Waals surface area contributed by atoms with E-state index >= 15 is 0 Å². The molecule has 2 nitrogen and oxygen atoms in total. The molecule has 2 heteroatoms. The number of hydrogen-bond acceptors (Lipinski definition) is 1. The molecule has 0 spiro atoms. The number of para-hydroxylation sites is 2. The summed E-state index contributed by atoms with van der Waals surface area (Å²) in [6.07, 6.45) is 4.03. The minimum Gasteiger partial charge on any atom is -0.339 e. The number of piperidine rings is 1. The van der Waals surface area contributed by atoms with Gasteiger partial charge in [0.1, 0.15) is 0 Å². The summed E-state index contributed by atoms with van der Waals surface area (Å²) in [6.45, 7) is 2.34. The molecule has 0 radical (unpaired) electrons. The smallest absolute Gasteiger partial charge is 0.0491 e. The van der Waals surface area contributed by atoms with Crippen molar-refractivity contribution in [1.82, 2.24) is 9.47 Å². The summed E-state index contributed by atoms with van der Waals surface area (Å²) in [6, 6.07) is 18.3. The first-order valence-corrected chi connectivity index (χ1v) is 8.01. The molecule has 0 N–H and O–H groups in total. The van der Waals surface area contributed by atoms with Crippen LogP contribution >= 0.6 is 0 Å². The van der Waals surface area contributed by atoms with Gasteiger partial charge in [0.2, 0.25) is 0 Å². The Kier molecular flexibility index (Phi) is 3.19. The van der Waals surface area contributed by atoms with Crippen LogP contribution in [-0.4, -0.2) is 29.1 Å². The van der Waals surface area contributed by atoms with Crippen LogP contribution in [0.2, 0.25) is 0 Å². The highest BCUT2D eigenvalue weighted by Gasteiger charge is 2.21. The third-order valence-corrected chi connectivity index (χ3v) is 4.99. The SMILES string of the molecule is CN1CCCCC1Cn1c2ccccc2c2ccccc21. The van der Waals surface area contributed by atoms with Crippen molar-refractivity contribution >= 4 is 21.8 Å². The number of aromatic nitrogens is 1. The summed E-state index contributed by atoms with van der Waals surface area (Å²) in [7, 11) is 2.28. The second-order valence-corrected chi connectivity index (χ2v) is 6.28. The molecule has 1 saturated heterocycles. The second kappa shape index (κ2) is 5.19. The Morgan fingerprint density at radius 2 is 1.52 bits per heavy atom. The molecule has 1 atom stereocenters. The van der Waals surface area contributed by atoms with Crippen molar-refractivity contribution in [2.24, 2.45) is 0 Å². The maximum absolute atomic E-state index is 2.53. The van der Waals surface area contributed by atoms with Crippen molar-refractivity contribution in [1.29, 1.82) is 0 Å². The van der Waals surface area contributed by atoms with Crippen molar-refractivity contribution in [2.45, 2.75) is 31.8 Å². The van der Waals surface area contributed by atoms with Crippen LogP contribution in [0.1, 0.15) is 19.3 Å². The summed E-state index contributed by atoms with van der Waals surface area (Å²) in [5.41, 5.74) is 2.75. The van der Waals surface area contributed by atoms with Crippen molar-refractivity contribution in [3.8, 4) is 0 Å². The molecule has 0 amide bonds. The fraction of sp³-hybridized carbons (Fsp3) is 0.368. The summed E-state index contributed by atoms with van der Waals surface area (Å²) >= 11 is 0. The fourth-order valence-electron chi connectivity index (χ4n) is 3.79. The number of nitrogens with zero attached hydrogens (tertiary/aromatic N) is 2. The van der Waals surface area contributed by atoms with Gasteiger partial charge in [0.05, 0.1) is 0 Å². The molecular weight excluding hydrogens is 256 g/mol. The number of likely N-dealkylation sites (N-methyl/N-ethyl adjacent to an activating group) is 1. The molecule has 1 fully saturated rings. The number of benzene rings is 2. The molecule has 2 heterocycles. The first-order chi connectivity index (χ1) is 10.3. The minimum atomic E-state index is 0.665. The Bertz CT molecular complexity index is 718. The first kappa shape index (κ1) is 12.9. The van der Waals surface area contributed by atoms with E-state index in [1.165, 1.54) is 47.6 Å². The molecule has 1 unspecified atom stereocenters. The standard InChI is InChI=1S/C19H22N2/c1-20-13-7-6-8-15(20)14-21-18-11-4-2-9-16(18)17-10-3-5-12-19(17)21/h2-5,9-12,15H,6-8,13-14H2,1H3. The monoisotopic (exact) mass is 278 g/mol. The molecule has 1 aliphatic rings. The average Bonchev–Trinajstić information content (AvgIpc) is 2.85. The normalized spacial score (nSPS) is 20.3. The van der Waals surface area contributed by atoms with Crippen LogP contribution in [0.5, 0.6) is 0 Å². The van der Waals surface area contributed by atoms with E-state index in [1.54, 1.807) is 0 Å². The number of fused-ring (bicyclic) bond motifs is 3. The molecule has 3 aromatic rings. The Morgan fingerprint density at radius 1 is 0.905 bits per heavy atom. The maximum Gasteiger partial charge on any atom is 0.0491 e. The largest absolute Gasteiger partial charge is 0.339 e. The van der Waals surface area contributed by atoms with Gasteiger partial charge in [0.15, 0.2) is 0 Å². The van der Waals surface area contributed by atoms with Gasteiger partial charge in [-0.15, -0.1) is 0 Å². The van der Waals surface area contributed by atoms with Gasteiger partial charge >= 0.3 is 0 Å². The van der Waals surface area contributed by atoms with Gasteiger partial charge in [-0.25, -0.2) is 0 Å². The molecule has 1 aliphatic heterocycles. The van der Waals surface area contributed by atoms with Crippen molar-refractivity contribution in [2.75, 3.05) is 13.6 Å². The van der Waals surface area contributed by atoms with Crippen molar-refractivity contribution < 1.29 is 0 Å². The van der Waals surface area contributed by atoms with Gasteiger partial charge in [-0.05, 0) is 38.6 Å². The number of likely N-dealkylation sites (tertiary alicyclic amines) is 1. The van der Waals surface area contributed by atoms with Crippen LogP contribution in [0.3, 0.4) is 0 Å². The van der Waals surface area contributed by atoms with Crippen LogP contribution < -0.4 is 0 Å². The van der Waals surface area contributed by atoms with Gasteiger partial charge in [-0.2, -0.15) is 0 Å². The lowest BCUT2D eigenvalue weighted by Crippen LogP contribution is -2.39. The molecule has 108 valence electrons. The maximum atomic E-state index is 2.53. The predicted octanol–water partition coefficient (Wildman–Crippen LogP) is 4.28. The predicted molar refractivity (Wildman–Crippen MR) is 89.7 cm³/mol. The van der Waals surface area contributed by atoms with E-state index in [0.717, 1.165) is 6.54 Å². The summed E-state index contributed by atoms with van der Waals surface area (Å²) in [5.74, 6) is 0. The Hall–Kier alpha value is -1.80. The third-order valence-electron chi connectivity index (χ3n) is 4.99. The molecule has 0 bridgehead atoms. The van der Waals surface area contributed by atoms with Crippen LogP contribution in [0.15, 0.2) is 48.5 Å². The third kappa shape index (κ3) is 2.14. The van der Waals surface area contributed by atoms with Crippen LogP contribution in [0.25, 0.3) is 21.8 Å². The van der Waals surface area contributed by atoms with Crippen molar-refractivity contribution in [3.63, 3.8) is 0 Å². The Morgan fingerprint density at radius 3 is 2.14 bits per heavy atom. The molecular formula is C19H22N2. The summed E-state index contributed by atoms with van der Waals surface area (Å²) < 4.78 is 2.52. The Labute approximate surface area is 126 Å². The minimum absolute atomic E-state index is 0.665. The molecule has 1 aromatic heterocycles. The molecule has 0 aliphatic carbocycles. The van der Waals surface area contributed by atoms with E-state index < -0.39 is 0 Å². The van der Waals surface area contributed by atoms with Crippen LogP contribution in [0, 0.1) is 0 Å². The lowest BCUT2D eigenvalue weighted by Gasteiger charge is -2.33. The highest BCUT2D eigenvalue weighted by molar-refractivity contribution is 6.07. The van der Waals surface area contributed by atoms with E-state index in [4.69, 9.17) is 0 Å². The van der Waals surface area contributed by atoms with E-state index in [0.29, 0.717) is 6.04 Å². The average molecular weight is 278 g/mol. The number of rotatable bonds is 2. The van der Waals surface area contributed by atoms with Crippen LogP contribution in [0.4, 0.5) is 0 Å². The zero-order valence-electron chi connectivity index (χ0n) is 12.6. The molecule has 0 saturated carbocycles. The zero-order valence-corrected chi connectivity index (χ0v) is 12.6. The lowest BCUT2D eigenvalue weighted by atomic mass is 10.0. The van der Waals surface area contributed by atoms with Gasteiger partial charge in [-0.3, -0.25) is 0 Å². The van der Waals surface area contributed by atoms with E-state index in [2.05, 4.69) is 65.0 Å². The highest BCUT2D eigenvalue weighted by Crippen LogP contribution is 2.30. The lowest BCUT2D eigenvalue weighted by molar-refractivity contribution is 0.170. The van der Waals surface area contributed by atoms with Gasteiger partial charge < -0.3 is 9.47 Å². The van der Waals surface area contributed by atoms with E-state index in [-0.39, 0.29) is 0 Å². The highest BCUT2D eigenvalue weighted by atomic mass is 15.2. The summed E-state index contributed by atoms with van der Waals surface area (Å²) in [4.78, 5) is 2.53. The molecule has 21 heavy (non-hydrogen) atoms. The topological polar surface area (TPSA) is 8.17 Å². The van der Waals surface area contributed by atoms with Gasteiger partial charge in [0.25, 0.3) is 0 Å². The van der Waals surface area contributed by atoms with Crippen molar-refractivity contribution in [3.05, 3.63) is 48.5 Å². The molecule has 2 aromatic carbocycles. The second-order valence-electron chi connectivity index (χ2n) is 6.28. The van der Waals surface area contributed by atoms with E-state index in [1.807, 2.05) is 0 Å². The quantitative estimate of drug-likeness (QED) is 0.679. The fourth-order valence-corrected chi connectivity index (χ4v) is 3.79. The Balaban J connectivity index is 1.85. The van der Waals surface area contributed by atoms with Gasteiger partial charge in [-0.1, -0.05) is 42.8 Å². The van der Waals surface area contributed by atoms with E-state index in [9.17, 15) is 0 Å². The molecule has 4 rings (SSSR count). The zero-order chi connectivity index (χ0) is 14.2.